The van der Waals surface area contributed by atoms with Crippen LogP contribution in [0.15, 0.2) is 29.2 Å². The topological polar surface area (TPSA) is 49.4 Å². The minimum atomic E-state index is -4.39. The van der Waals surface area contributed by atoms with E-state index in [0.717, 1.165) is 55.2 Å². The number of carbonyl (C=O) groups excluding carboxylic acids is 2. The molecule has 0 bridgehead atoms. The number of hydrogen-bond donors (Lipinski definition) is 1. The maximum Gasteiger partial charge on any atom is 0.416 e. The van der Waals surface area contributed by atoms with Crippen molar-refractivity contribution in [1.29, 1.82) is 0 Å². The summed E-state index contributed by atoms with van der Waals surface area (Å²) in [6.07, 6.45) is 8.74. The van der Waals surface area contributed by atoms with Gasteiger partial charge in [0.05, 0.1) is 10.5 Å². The number of thioether (sulfide) groups is 2. The Morgan fingerprint density at radius 1 is 1.06 bits per heavy atom. The molecule has 2 saturated carbocycles. The molecule has 2 aliphatic carbocycles. The molecule has 3 fully saturated rings. The number of nitrogens with one attached hydrogen (secondary N) is 1. The predicted molar refractivity (Wildman–Crippen MR) is 142 cm³/mol. The van der Waals surface area contributed by atoms with Gasteiger partial charge in [-0.3, -0.25) is 9.59 Å². The van der Waals surface area contributed by atoms with Crippen LogP contribution in [0.1, 0.15) is 75.3 Å². The van der Waals surface area contributed by atoms with Crippen LogP contribution in [-0.4, -0.2) is 52.1 Å². The molecule has 2 amide bonds. The van der Waals surface area contributed by atoms with E-state index in [1.165, 1.54) is 56.0 Å². The van der Waals surface area contributed by atoms with Crippen molar-refractivity contribution < 1.29 is 22.8 Å². The Bertz CT molecular complexity index is 930. The largest absolute Gasteiger partial charge is 0.416 e. The summed E-state index contributed by atoms with van der Waals surface area (Å²) in [7, 11) is 0. The smallest absolute Gasteiger partial charge is 0.355 e. The van der Waals surface area contributed by atoms with Gasteiger partial charge in [0.15, 0.2) is 0 Å². The lowest BCUT2D eigenvalue weighted by molar-refractivity contribution is -0.137. The van der Waals surface area contributed by atoms with Gasteiger partial charge in [-0.15, -0.1) is 11.8 Å². The van der Waals surface area contributed by atoms with Crippen molar-refractivity contribution in [3.8, 4) is 0 Å². The minimum Gasteiger partial charge on any atom is -0.355 e. The van der Waals surface area contributed by atoms with Gasteiger partial charge in [0.1, 0.15) is 6.54 Å². The van der Waals surface area contributed by atoms with Gasteiger partial charge in [-0.2, -0.15) is 24.9 Å². The van der Waals surface area contributed by atoms with Crippen molar-refractivity contribution in [2.24, 2.45) is 0 Å². The molecule has 0 radical (unpaired) electrons. The highest BCUT2D eigenvalue weighted by Crippen LogP contribution is 2.42. The fourth-order valence-electron chi connectivity index (χ4n) is 5.27. The minimum absolute atomic E-state index is 0.0219. The van der Waals surface area contributed by atoms with Crippen LogP contribution in [0, 0.1) is 0 Å². The van der Waals surface area contributed by atoms with Crippen LogP contribution in [0.5, 0.6) is 0 Å². The van der Waals surface area contributed by atoms with Crippen molar-refractivity contribution in [3.05, 3.63) is 40.3 Å². The molecule has 1 aliphatic heterocycles. The Kier molecular flexibility index (Phi) is 9.72. The van der Waals surface area contributed by atoms with Crippen molar-refractivity contribution in [2.75, 3.05) is 18.8 Å². The van der Waals surface area contributed by atoms with Gasteiger partial charge < -0.3 is 10.2 Å². The summed E-state index contributed by atoms with van der Waals surface area (Å²) in [5.41, 5.74) is -0.164. The van der Waals surface area contributed by atoms with Crippen LogP contribution < -0.4 is 5.32 Å². The van der Waals surface area contributed by atoms with Crippen LogP contribution in [0.4, 0.5) is 13.2 Å². The molecule has 0 aromatic heterocycles. The van der Waals surface area contributed by atoms with E-state index < -0.39 is 11.7 Å². The van der Waals surface area contributed by atoms with Crippen LogP contribution in [0.3, 0.4) is 0 Å². The number of nitrogens with zero attached hydrogens (tertiary/aromatic N) is 1. The van der Waals surface area contributed by atoms with E-state index in [-0.39, 0.29) is 29.7 Å². The van der Waals surface area contributed by atoms with Crippen molar-refractivity contribution in [3.63, 3.8) is 0 Å². The number of benzene rings is 1. The summed E-state index contributed by atoms with van der Waals surface area (Å²) in [6, 6.07) is 4.86. The molecule has 2 unspecified atom stereocenters. The molecule has 3 aliphatic rings. The molecule has 4 nitrogen and oxygen atoms in total. The van der Waals surface area contributed by atoms with Gasteiger partial charge in [0.25, 0.3) is 5.91 Å². The van der Waals surface area contributed by atoms with Gasteiger partial charge in [-0.1, -0.05) is 44.2 Å². The molecule has 1 heterocycles. The van der Waals surface area contributed by atoms with Gasteiger partial charge in [-0.05, 0) is 61.6 Å². The molecule has 1 aromatic carbocycles. The molecule has 2 atom stereocenters. The zero-order valence-electron chi connectivity index (χ0n) is 20.5. The summed E-state index contributed by atoms with van der Waals surface area (Å²) in [5, 5.41) is 3.96. The van der Waals surface area contributed by atoms with Crippen molar-refractivity contribution >= 4 is 41.4 Å². The Balaban J connectivity index is 1.34. The highest BCUT2D eigenvalue weighted by atomic mass is 32.2. The standard InChI is InChI=1S/C27H35F3N2O2S2/c28-27(29,30)20-13-11-19(12-14-20)17-24-26(34)32(22-9-4-5-10-23(22)36-24)18-25(33)31-15-6-16-35-21-7-2-1-3-8-21/h11-14,17,21-23H,1-10,15-16,18H2,(H,31,33)/b24-17-. The number of fused-ring (bicyclic) bond motifs is 1. The van der Waals surface area contributed by atoms with Crippen LogP contribution in [0.25, 0.3) is 6.08 Å². The van der Waals surface area contributed by atoms with E-state index in [1.54, 1.807) is 11.0 Å². The molecule has 198 valence electrons. The number of amides is 2. The summed E-state index contributed by atoms with van der Waals surface area (Å²) < 4.78 is 38.7. The van der Waals surface area contributed by atoms with Gasteiger partial charge in [0, 0.05) is 23.1 Å². The average molecular weight is 541 g/mol. The number of halogens is 3. The second kappa shape index (κ2) is 12.8. The predicted octanol–water partition coefficient (Wildman–Crippen LogP) is 6.51. The van der Waals surface area contributed by atoms with E-state index in [9.17, 15) is 22.8 Å². The molecule has 0 spiro atoms. The first-order valence-electron chi connectivity index (χ1n) is 13.1. The van der Waals surface area contributed by atoms with E-state index >= 15 is 0 Å². The first-order valence-corrected chi connectivity index (χ1v) is 15.0. The lowest BCUT2D eigenvalue weighted by Gasteiger charge is -2.43. The summed E-state index contributed by atoms with van der Waals surface area (Å²) in [5.74, 6) is 0.691. The molecule has 4 rings (SSSR count). The van der Waals surface area contributed by atoms with Gasteiger partial charge in [0.2, 0.25) is 5.91 Å². The van der Waals surface area contributed by atoms with Crippen LogP contribution >= 0.6 is 23.5 Å². The molecular weight excluding hydrogens is 505 g/mol. The quantitative estimate of drug-likeness (QED) is 0.302. The maximum atomic E-state index is 13.4. The molecule has 1 saturated heterocycles. The summed E-state index contributed by atoms with van der Waals surface area (Å²) in [4.78, 5) is 28.3. The normalized spacial score (nSPS) is 24.6. The number of alkyl halides is 3. The van der Waals surface area contributed by atoms with Gasteiger partial charge >= 0.3 is 6.18 Å². The second-order valence-corrected chi connectivity index (χ2v) is 12.6. The van der Waals surface area contributed by atoms with Crippen molar-refractivity contribution in [2.45, 2.75) is 86.9 Å². The second-order valence-electron chi connectivity index (χ2n) is 9.90. The van der Waals surface area contributed by atoms with E-state index in [1.807, 2.05) is 11.8 Å². The third kappa shape index (κ3) is 7.46. The van der Waals surface area contributed by atoms with E-state index in [4.69, 9.17) is 0 Å². The third-order valence-corrected chi connectivity index (χ3v) is 10.1. The van der Waals surface area contributed by atoms with E-state index in [0.29, 0.717) is 17.0 Å². The Hall–Kier alpha value is -1.61. The fraction of sp³-hybridized carbons (Fsp3) is 0.630. The monoisotopic (exact) mass is 540 g/mol. The van der Waals surface area contributed by atoms with Crippen LogP contribution in [-0.2, 0) is 15.8 Å². The maximum absolute atomic E-state index is 13.4. The van der Waals surface area contributed by atoms with E-state index in [2.05, 4.69) is 5.32 Å². The van der Waals surface area contributed by atoms with Crippen LogP contribution in [0.2, 0.25) is 0 Å². The van der Waals surface area contributed by atoms with Crippen molar-refractivity contribution in [1.82, 2.24) is 10.2 Å². The number of hydrogen-bond acceptors (Lipinski definition) is 4. The Morgan fingerprint density at radius 3 is 2.47 bits per heavy atom. The summed E-state index contributed by atoms with van der Waals surface area (Å²) in [6.45, 7) is 0.637. The first kappa shape index (κ1) is 27.4. The number of rotatable bonds is 8. The lowest BCUT2D eigenvalue weighted by atomic mass is 9.93. The first-order chi connectivity index (χ1) is 17.3. The molecule has 1 aromatic rings. The fourth-order valence-corrected chi connectivity index (χ4v) is 8.06. The molecule has 36 heavy (non-hydrogen) atoms. The summed E-state index contributed by atoms with van der Waals surface area (Å²) >= 11 is 3.52. The Labute approximate surface area is 220 Å². The average Bonchev–Trinajstić information content (AvgIpc) is 2.87. The lowest BCUT2D eigenvalue weighted by Crippen LogP contribution is -2.54. The zero-order valence-corrected chi connectivity index (χ0v) is 22.2. The number of carbonyl (C=O) groups is 2. The molecule has 9 heteroatoms. The SMILES string of the molecule is O=C(CN1C(=O)/C(=C/c2ccc(C(F)(F)F)cc2)SC2CCCCC21)NCCCSC1CCCCC1. The van der Waals surface area contributed by atoms with Gasteiger partial charge in [-0.25, -0.2) is 0 Å². The zero-order chi connectivity index (χ0) is 25.5. The third-order valence-electron chi connectivity index (χ3n) is 7.22. The Morgan fingerprint density at radius 2 is 1.75 bits per heavy atom. The highest BCUT2D eigenvalue weighted by Gasteiger charge is 2.41. The molecular formula is C27H35F3N2O2S2. The molecule has 1 N–H and O–H groups in total. The highest BCUT2D eigenvalue weighted by molar-refractivity contribution is 8.04.